The number of aryl methyl sites for hydroxylation is 2. The highest BCUT2D eigenvalue weighted by atomic mass is 16.5. The molecule has 0 bridgehead atoms. The summed E-state index contributed by atoms with van der Waals surface area (Å²) in [5.74, 6) is 1.91. The van der Waals surface area contributed by atoms with Crippen LogP contribution in [0.15, 0.2) is 22.7 Å². The van der Waals surface area contributed by atoms with Crippen LogP contribution >= 0.6 is 0 Å². The van der Waals surface area contributed by atoms with Gasteiger partial charge in [0.2, 0.25) is 0 Å². The summed E-state index contributed by atoms with van der Waals surface area (Å²) in [6.45, 7) is 6.32. The highest BCUT2D eigenvalue weighted by molar-refractivity contribution is 5.36. The first-order chi connectivity index (χ1) is 10.2. The van der Waals surface area contributed by atoms with E-state index in [1.807, 2.05) is 12.1 Å². The lowest BCUT2D eigenvalue weighted by molar-refractivity contribution is 0.198. The van der Waals surface area contributed by atoms with E-state index in [1.165, 1.54) is 5.56 Å². The molecule has 0 aliphatic carbocycles. The summed E-state index contributed by atoms with van der Waals surface area (Å²) in [6.07, 6.45) is 0. The Labute approximate surface area is 124 Å². The molecule has 114 valence electrons. The number of methoxy groups -OCH3 is 1. The van der Waals surface area contributed by atoms with Crippen molar-refractivity contribution in [3.05, 3.63) is 41.0 Å². The number of nitrogens with one attached hydrogen (secondary N) is 1. The van der Waals surface area contributed by atoms with Crippen LogP contribution in [0.3, 0.4) is 0 Å². The molecular weight excluding hydrogens is 270 g/mol. The Balaban J connectivity index is 1.97. The van der Waals surface area contributed by atoms with Crippen molar-refractivity contribution < 1.29 is 14.0 Å². The van der Waals surface area contributed by atoms with Gasteiger partial charge in [-0.3, -0.25) is 0 Å². The Morgan fingerprint density at radius 1 is 1.29 bits per heavy atom. The van der Waals surface area contributed by atoms with Crippen LogP contribution in [0.4, 0.5) is 0 Å². The zero-order valence-corrected chi connectivity index (χ0v) is 12.7. The third-order valence-electron chi connectivity index (χ3n) is 2.94. The average molecular weight is 291 g/mol. The van der Waals surface area contributed by atoms with Crippen molar-refractivity contribution >= 4 is 0 Å². The molecule has 2 rings (SSSR count). The van der Waals surface area contributed by atoms with Gasteiger partial charge in [-0.2, -0.15) is 4.98 Å². The molecule has 0 fully saturated rings. The first kappa shape index (κ1) is 15.5. The van der Waals surface area contributed by atoms with E-state index < -0.39 is 0 Å². The second-order valence-electron chi connectivity index (χ2n) is 4.80. The normalized spacial score (nSPS) is 10.8. The molecule has 0 spiro atoms. The molecule has 6 heteroatoms. The molecule has 6 nitrogen and oxygen atoms in total. The van der Waals surface area contributed by atoms with Crippen LogP contribution in [0.2, 0.25) is 0 Å². The number of hydrogen-bond donors (Lipinski definition) is 1. The lowest BCUT2D eigenvalue weighted by Gasteiger charge is -2.12. The average Bonchev–Trinajstić information content (AvgIpc) is 2.88. The number of ether oxygens (including phenoxy) is 2. The van der Waals surface area contributed by atoms with Crippen molar-refractivity contribution in [2.75, 3.05) is 20.3 Å². The summed E-state index contributed by atoms with van der Waals surface area (Å²) >= 11 is 0. The van der Waals surface area contributed by atoms with Crippen LogP contribution in [0.25, 0.3) is 0 Å². The lowest BCUT2D eigenvalue weighted by Crippen LogP contribution is -2.19. The van der Waals surface area contributed by atoms with Crippen molar-refractivity contribution in [1.82, 2.24) is 15.5 Å². The fourth-order valence-corrected chi connectivity index (χ4v) is 1.92. The zero-order chi connectivity index (χ0) is 15.1. The SMILES string of the molecule is COCCNCc1cc(C)ccc1OCc1nc(C)no1. The first-order valence-corrected chi connectivity index (χ1v) is 6.90. The van der Waals surface area contributed by atoms with Crippen LogP contribution in [0.1, 0.15) is 22.8 Å². The Morgan fingerprint density at radius 3 is 2.86 bits per heavy atom. The molecule has 1 N–H and O–H groups in total. The van der Waals surface area contributed by atoms with Crippen LogP contribution in [-0.2, 0) is 17.9 Å². The van der Waals surface area contributed by atoms with Gasteiger partial charge in [-0.05, 0) is 19.9 Å². The maximum absolute atomic E-state index is 5.78. The number of aromatic nitrogens is 2. The summed E-state index contributed by atoms with van der Waals surface area (Å²) in [6, 6.07) is 6.09. The second-order valence-corrected chi connectivity index (χ2v) is 4.80. The predicted molar refractivity (Wildman–Crippen MR) is 78.1 cm³/mol. The quantitative estimate of drug-likeness (QED) is 0.750. The molecule has 0 aliphatic rings. The number of hydrogen-bond acceptors (Lipinski definition) is 6. The molecule has 0 unspecified atom stereocenters. The summed E-state index contributed by atoms with van der Waals surface area (Å²) in [4.78, 5) is 4.12. The molecule has 21 heavy (non-hydrogen) atoms. The van der Waals surface area contributed by atoms with Gasteiger partial charge in [0.05, 0.1) is 6.61 Å². The number of rotatable bonds is 8. The van der Waals surface area contributed by atoms with E-state index in [0.717, 1.165) is 24.4 Å². The van der Waals surface area contributed by atoms with E-state index in [4.69, 9.17) is 14.0 Å². The Kier molecular flexibility index (Phi) is 5.71. The largest absolute Gasteiger partial charge is 0.483 e. The Morgan fingerprint density at radius 2 is 2.14 bits per heavy atom. The minimum Gasteiger partial charge on any atom is -0.483 e. The third kappa shape index (κ3) is 4.84. The first-order valence-electron chi connectivity index (χ1n) is 6.90. The maximum atomic E-state index is 5.78. The van der Waals surface area contributed by atoms with E-state index in [0.29, 0.717) is 18.3 Å². The molecule has 0 saturated carbocycles. The van der Waals surface area contributed by atoms with Crippen LogP contribution in [0.5, 0.6) is 5.75 Å². The van der Waals surface area contributed by atoms with Gasteiger partial charge in [0, 0.05) is 25.8 Å². The molecular formula is C15H21N3O3. The van der Waals surface area contributed by atoms with Crippen LogP contribution in [0, 0.1) is 13.8 Å². The summed E-state index contributed by atoms with van der Waals surface area (Å²) in [5.41, 5.74) is 2.29. The maximum Gasteiger partial charge on any atom is 0.264 e. The molecule has 1 heterocycles. The van der Waals surface area contributed by atoms with Crippen molar-refractivity contribution in [2.24, 2.45) is 0 Å². The lowest BCUT2D eigenvalue weighted by atomic mass is 10.1. The van der Waals surface area contributed by atoms with Gasteiger partial charge in [0.15, 0.2) is 12.4 Å². The minimum absolute atomic E-state index is 0.273. The molecule has 0 radical (unpaired) electrons. The molecule has 0 saturated heterocycles. The van der Waals surface area contributed by atoms with Gasteiger partial charge >= 0.3 is 0 Å². The fourth-order valence-electron chi connectivity index (χ4n) is 1.92. The minimum atomic E-state index is 0.273. The van der Waals surface area contributed by atoms with Crippen molar-refractivity contribution in [2.45, 2.75) is 27.0 Å². The van der Waals surface area contributed by atoms with E-state index in [-0.39, 0.29) is 6.61 Å². The number of nitrogens with zero attached hydrogens (tertiary/aromatic N) is 2. The van der Waals surface area contributed by atoms with Gasteiger partial charge in [-0.25, -0.2) is 0 Å². The van der Waals surface area contributed by atoms with Gasteiger partial charge in [0.25, 0.3) is 5.89 Å². The Bertz CT molecular complexity index is 569. The van der Waals surface area contributed by atoms with E-state index in [2.05, 4.69) is 28.4 Å². The van der Waals surface area contributed by atoms with Gasteiger partial charge < -0.3 is 19.3 Å². The van der Waals surface area contributed by atoms with Crippen molar-refractivity contribution in [1.29, 1.82) is 0 Å². The van der Waals surface area contributed by atoms with Gasteiger partial charge in [-0.1, -0.05) is 22.9 Å². The third-order valence-corrected chi connectivity index (χ3v) is 2.94. The van der Waals surface area contributed by atoms with Gasteiger partial charge in [-0.15, -0.1) is 0 Å². The van der Waals surface area contributed by atoms with Crippen LogP contribution < -0.4 is 10.1 Å². The number of benzene rings is 1. The van der Waals surface area contributed by atoms with E-state index in [1.54, 1.807) is 14.0 Å². The van der Waals surface area contributed by atoms with Gasteiger partial charge in [0.1, 0.15) is 5.75 Å². The standard InChI is InChI=1S/C15H21N3O3/c1-11-4-5-14(13(8-11)9-16-6-7-19-3)20-10-15-17-12(2)18-21-15/h4-5,8,16H,6-7,9-10H2,1-3H3. The monoisotopic (exact) mass is 291 g/mol. The molecule has 1 aromatic carbocycles. The highest BCUT2D eigenvalue weighted by Crippen LogP contribution is 2.21. The van der Waals surface area contributed by atoms with Crippen molar-refractivity contribution in [3.8, 4) is 5.75 Å². The van der Waals surface area contributed by atoms with E-state index >= 15 is 0 Å². The van der Waals surface area contributed by atoms with Crippen LogP contribution in [-0.4, -0.2) is 30.4 Å². The molecule has 0 aliphatic heterocycles. The zero-order valence-electron chi connectivity index (χ0n) is 12.7. The topological polar surface area (TPSA) is 69.4 Å². The predicted octanol–water partition coefficient (Wildman–Crippen LogP) is 2.00. The Hall–Kier alpha value is -1.92. The smallest absolute Gasteiger partial charge is 0.264 e. The molecule has 1 aromatic heterocycles. The fraction of sp³-hybridized carbons (Fsp3) is 0.467. The molecule has 0 atom stereocenters. The summed E-state index contributed by atoms with van der Waals surface area (Å²) in [5, 5.41) is 7.06. The summed E-state index contributed by atoms with van der Waals surface area (Å²) < 4.78 is 15.8. The summed E-state index contributed by atoms with van der Waals surface area (Å²) in [7, 11) is 1.69. The van der Waals surface area contributed by atoms with E-state index in [9.17, 15) is 0 Å². The molecule has 2 aromatic rings. The second kappa shape index (κ2) is 7.75. The highest BCUT2D eigenvalue weighted by Gasteiger charge is 2.07. The van der Waals surface area contributed by atoms with Crippen molar-refractivity contribution in [3.63, 3.8) is 0 Å². The molecule has 0 amide bonds.